The molecular formula is C27H27N7O3. The maximum atomic E-state index is 13.0. The largest absolute Gasteiger partial charge is 0.444 e. The lowest BCUT2D eigenvalue weighted by atomic mass is 10.0. The second-order valence-corrected chi connectivity index (χ2v) is 9.64. The Morgan fingerprint density at radius 3 is 2.59 bits per heavy atom. The van der Waals surface area contributed by atoms with Gasteiger partial charge in [-0.05, 0) is 44.4 Å². The molecule has 1 N–H and O–H groups in total. The lowest BCUT2D eigenvalue weighted by Gasteiger charge is -2.34. The van der Waals surface area contributed by atoms with Crippen molar-refractivity contribution in [2.75, 3.05) is 29.9 Å². The summed E-state index contributed by atoms with van der Waals surface area (Å²) >= 11 is 0. The standard InChI is InChI=1S/C27H27N7O3/c1-27(2,3)37-26(36)33-12-13-34(24(35)17-33)23-15-19(8-9-30-23)25-20-7-5-4-6-18(20)14-21(32-25)31-22-16-28-10-11-29-22/h4-11,14-16H,12-13,17H2,1-3H3,(H,29,31,32). The first kappa shape index (κ1) is 24.1. The summed E-state index contributed by atoms with van der Waals surface area (Å²) in [5, 5.41) is 5.17. The number of nitrogens with one attached hydrogen (secondary N) is 1. The Morgan fingerprint density at radius 1 is 1.00 bits per heavy atom. The SMILES string of the molecule is CC(C)(C)OC(=O)N1CCN(c2cc(-c3nc(Nc4cnccn4)cc4ccccc34)ccn2)C(=O)C1. The van der Waals surface area contributed by atoms with Gasteiger partial charge < -0.3 is 10.1 Å². The third-order valence-corrected chi connectivity index (χ3v) is 5.73. The highest BCUT2D eigenvalue weighted by Crippen LogP contribution is 2.31. The molecule has 0 unspecified atom stereocenters. The number of nitrogens with zero attached hydrogens (tertiary/aromatic N) is 6. The van der Waals surface area contributed by atoms with Gasteiger partial charge in [-0.15, -0.1) is 0 Å². The number of pyridine rings is 2. The number of ether oxygens (including phenoxy) is 1. The third-order valence-electron chi connectivity index (χ3n) is 5.73. The predicted molar refractivity (Wildman–Crippen MR) is 140 cm³/mol. The molecule has 188 valence electrons. The zero-order chi connectivity index (χ0) is 26.0. The molecule has 0 spiro atoms. The average Bonchev–Trinajstić information content (AvgIpc) is 2.88. The normalized spacial score (nSPS) is 14.1. The molecule has 1 aliphatic heterocycles. The summed E-state index contributed by atoms with van der Waals surface area (Å²) in [5.74, 6) is 1.48. The second kappa shape index (κ2) is 9.81. The van der Waals surface area contributed by atoms with Crippen molar-refractivity contribution in [3.05, 3.63) is 67.3 Å². The number of amides is 2. The lowest BCUT2D eigenvalue weighted by Crippen LogP contribution is -2.53. The Hall–Kier alpha value is -4.60. The molecule has 0 bridgehead atoms. The minimum Gasteiger partial charge on any atom is -0.444 e. The van der Waals surface area contributed by atoms with Crippen molar-refractivity contribution < 1.29 is 14.3 Å². The summed E-state index contributed by atoms with van der Waals surface area (Å²) in [6.07, 6.45) is 6.02. The van der Waals surface area contributed by atoms with Gasteiger partial charge in [0.2, 0.25) is 5.91 Å². The molecule has 1 aromatic carbocycles. The van der Waals surface area contributed by atoms with Crippen molar-refractivity contribution in [2.45, 2.75) is 26.4 Å². The Labute approximate surface area is 214 Å². The van der Waals surface area contributed by atoms with Gasteiger partial charge in [-0.1, -0.05) is 24.3 Å². The van der Waals surface area contributed by atoms with Crippen LogP contribution >= 0.6 is 0 Å². The predicted octanol–water partition coefficient (Wildman–Crippen LogP) is 4.41. The Kier molecular flexibility index (Phi) is 6.39. The van der Waals surface area contributed by atoms with Crippen molar-refractivity contribution in [3.63, 3.8) is 0 Å². The number of rotatable bonds is 4. The lowest BCUT2D eigenvalue weighted by molar-refractivity contribution is -0.121. The van der Waals surface area contributed by atoms with Crippen LogP contribution in [0.15, 0.2) is 67.3 Å². The number of benzene rings is 1. The van der Waals surface area contributed by atoms with E-state index in [0.29, 0.717) is 30.5 Å². The number of hydrogen-bond donors (Lipinski definition) is 1. The Balaban J connectivity index is 1.43. The maximum absolute atomic E-state index is 13.0. The fourth-order valence-corrected chi connectivity index (χ4v) is 4.09. The van der Waals surface area contributed by atoms with E-state index in [-0.39, 0.29) is 12.5 Å². The summed E-state index contributed by atoms with van der Waals surface area (Å²) in [6, 6.07) is 13.6. The number of carbonyl (C=O) groups is 2. The van der Waals surface area contributed by atoms with Gasteiger partial charge in [0.05, 0.1) is 11.9 Å². The van der Waals surface area contributed by atoms with E-state index in [2.05, 4.69) is 20.3 Å². The number of piperazine rings is 1. The number of fused-ring (bicyclic) bond motifs is 1. The fourth-order valence-electron chi connectivity index (χ4n) is 4.09. The highest BCUT2D eigenvalue weighted by atomic mass is 16.6. The van der Waals surface area contributed by atoms with Gasteiger partial charge in [0.15, 0.2) is 0 Å². The highest BCUT2D eigenvalue weighted by Gasteiger charge is 2.31. The first-order valence-electron chi connectivity index (χ1n) is 11.9. The van der Waals surface area contributed by atoms with Gasteiger partial charge in [0.25, 0.3) is 0 Å². The summed E-state index contributed by atoms with van der Waals surface area (Å²) in [7, 11) is 0. The Bertz CT molecular complexity index is 1450. The molecule has 10 nitrogen and oxygen atoms in total. The minimum atomic E-state index is -0.626. The fraction of sp³-hybridized carbons (Fsp3) is 0.259. The van der Waals surface area contributed by atoms with Crippen LogP contribution in [0, 0.1) is 0 Å². The number of anilines is 3. The topological polar surface area (TPSA) is 113 Å². The molecule has 1 saturated heterocycles. The van der Waals surface area contributed by atoms with Gasteiger partial charge in [-0.25, -0.2) is 19.7 Å². The van der Waals surface area contributed by atoms with Crippen LogP contribution in [0.5, 0.6) is 0 Å². The van der Waals surface area contributed by atoms with Crippen molar-refractivity contribution in [3.8, 4) is 11.3 Å². The van der Waals surface area contributed by atoms with Crippen LogP contribution in [-0.2, 0) is 9.53 Å². The second-order valence-electron chi connectivity index (χ2n) is 9.64. The van der Waals surface area contributed by atoms with E-state index in [9.17, 15) is 9.59 Å². The van der Waals surface area contributed by atoms with Crippen LogP contribution in [0.3, 0.4) is 0 Å². The minimum absolute atomic E-state index is 0.0699. The molecule has 4 aromatic rings. The molecule has 10 heteroatoms. The molecule has 5 rings (SSSR count). The van der Waals surface area contributed by atoms with Gasteiger partial charge in [-0.3, -0.25) is 19.6 Å². The van der Waals surface area contributed by atoms with E-state index in [1.54, 1.807) is 50.5 Å². The van der Waals surface area contributed by atoms with Crippen molar-refractivity contribution in [1.82, 2.24) is 24.8 Å². The van der Waals surface area contributed by atoms with Crippen LogP contribution < -0.4 is 10.2 Å². The molecule has 0 aliphatic carbocycles. The van der Waals surface area contributed by atoms with E-state index in [1.165, 1.54) is 4.90 Å². The van der Waals surface area contributed by atoms with Crippen molar-refractivity contribution >= 4 is 40.2 Å². The number of aromatic nitrogens is 4. The molecule has 1 aliphatic rings. The molecule has 0 saturated carbocycles. The van der Waals surface area contributed by atoms with E-state index in [4.69, 9.17) is 9.72 Å². The van der Waals surface area contributed by atoms with Crippen molar-refractivity contribution in [1.29, 1.82) is 0 Å². The van der Waals surface area contributed by atoms with E-state index in [1.807, 2.05) is 42.5 Å². The smallest absolute Gasteiger partial charge is 0.410 e. The number of hydrogen-bond acceptors (Lipinski definition) is 8. The zero-order valence-corrected chi connectivity index (χ0v) is 20.9. The van der Waals surface area contributed by atoms with Gasteiger partial charge in [-0.2, -0.15) is 0 Å². The molecule has 2 amide bonds. The van der Waals surface area contributed by atoms with Crippen LogP contribution in [0.4, 0.5) is 22.2 Å². The van der Waals surface area contributed by atoms with Gasteiger partial charge in [0, 0.05) is 42.6 Å². The molecule has 0 radical (unpaired) electrons. The molecule has 0 atom stereocenters. The summed E-state index contributed by atoms with van der Waals surface area (Å²) < 4.78 is 5.42. The zero-order valence-electron chi connectivity index (χ0n) is 20.9. The summed E-state index contributed by atoms with van der Waals surface area (Å²) in [5.41, 5.74) is 0.929. The quantitative estimate of drug-likeness (QED) is 0.441. The third kappa shape index (κ3) is 5.48. The van der Waals surface area contributed by atoms with Crippen LogP contribution in [-0.4, -0.2) is 62.1 Å². The molecule has 1 fully saturated rings. The molecule has 4 heterocycles. The number of carbonyl (C=O) groups excluding carboxylic acids is 2. The van der Waals surface area contributed by atoms with Crippen LogP contribution in [0.2, 0.25) is 0 Å². The van der Waals surface area contributed by atoms with E-state index in [0.717, 1.165) is 22.0 Å². The first-order valence-corrected chi connectivity index (χ1v) is 11.9. The van der Waals surface area contributed by atoms with Gasteiger partial charge in [0.1, 0.15) is 29.6 Å². The molecule has 3 aromatic heterocycles. The molecular weight excluding hydrogens is 470 g/mol. The van der Waals surface area contributed by atoms with Crippen molar-refractivity contribution in [2.24, 2.45) is 0 Å². The average molecular weight is 498 g/mol. The van der Waals surface area contributed by atoms with Crippen LogP contribution in [0.25, 0.3) is 22.0 Å². The maximum Gasteiger partial charge on any atom is 0.410 e. The Morgan fingerprint density at radius 2 is 1.84 bits per heavy atom. The van der Waals surface area contributed by atoms with E-state index < -0.39 is 11.7 Å². The highest BCUT2D eigenvalue weighted by molar-refractivity contribution is 5.99. The van der Waals surface area contributed by atoms with Crippen LogP contribution in [0.1, 0.15) is 20.8 Å². The first-order chi connectivity index (χ1) is 17.8. The van der Waals surface area contributed by atoms with Gasteiger partial charge >= 0.3 is 6.09 Å². The summed E-state index contributed by atoms with van der Waals surface area (Å²) in [6.45, 7) is 6.00. The van der Waals surface area contributed by atoms with E-state index >= 15 is 0 Å². The molecule has 37 heavy (non-hydrogen) atoms. The summed E-state index contributed by atoms with van der Waals surface area (Å²) in [4.78, 5) is 46.1. The monoisotopic (exact) mass is 497 g/mol.